The number of hydrogen-bond acceptors (Lipinski definition) is 2. The zero-order valence-electron chi connectivity index (χ0n) is 9.30. The third-order valence-electron chi connectivity index (χ3n) is 2.99. The predicted molar refractivity (Wildman–Crippen MR) is 74.5 cm³/mol. The zero-order valence-corrected chi connectivity index (χ0v) is 10.9. The van der Waals surface area contributed by atoms with Gasteiger partial charge >= 0.3 is 0 Å². The van der Waals surface area contributed by atoms with Crippen molar-refractivity contribution in [3.8, 4) is 0 Å². The van der Waals surface area contributed by atoms with Gasteiger partial charge in [0.2, 0.25) is 0 Å². The Morgan fingerprint density at radius 1 is 0.778 bits per heavy atom. The van der Waals surface area contributed by atoms with E-state index in [-0.39, 0.29) is 4.90 Å². The molecule has 0 aliphatic heterocycles. The summed E-state index contributed by atoms with van der Waals surface area (Å²) in [6, 6.07) is 16.7. The van der Waals surface area contributed by atoms with Crippen LogP contribution in [0.4, 0.5) is 0 Å². The Hall–Kier alpha value is -1.58. The fourth-order valence-electron chi connectivity index (χ4n) is 2.22. The Morgan fingerprint density at radius 3 is 2.00 bits per heavy atom. The summed E-state index contributed by atoms with van der Waals surface area (Å²) < 4.78 is 23.3. The molecule has 4 heteroatoms. The highest BCUT2D eigenvalue weighted by Crippen LogP contribution is 2.32. The van der Waals surface area contributed by atoms with E-state index in [0.29, 0.717) is 5.39 Å². The molecule has 0 aromatic heterocycles. The van der Waals surface area contributed by atoms with Crippen molar-refractivity contribution in [2.45, 2.75) is 4.90 Å². The lowest BCUT2D eigenvalue weighted by Crippen LogP contribution is -1.93. The number of fused-ring (bicyclic) bond motifs is 3. The van der Waals surface area contributed by atoms with Gasteiger partial charge in [-0.05, 0) is 22.2 Å². The summed E-state index contributed by atoms with van der Waals surface area (Å²) in [5.41, 5.74) is 0. The van der Waals surface area contributed by atoms with Gasteiger partial charge in [0.1, 0.15) is 0 Å². The smallest absolute Gasteiger partial charge is 0.207 e. The molecule has 0 fully saturated rings. The third kappa shape index (κ3) is 1.76. The first-order valence-electron chi connectivity index (χ1n) is 5.42. The van der Waals surface area contributed by atoms with Crippen LogP contribution in [0.25, 0.3) is 21.5 Å². The average Bonchev–Trinajstić information content (AvgIpc) is 2.37. The summed E-state index contributed by atoms with van der Waals surface area (Å²) in [4.78, 5) is 0.165. The first-order chi connectivity index (χ1) is 8.57. The zero-order chi connectivity index (χ0) is 12.8. The molecular weight excluding hydrogens is 268 g/mol. The second-order valence-corrected chi connectivity index (χ2v) is 6.61. The van der Waals surface area contributed by atoms with Gasteiger partial charge in [-0.3, -0.25) is 0 Å². The van der Waals surface area contributed by atoms with E-state index in [1.807, 2.05) is 42.5 Å². The molecule has 0 radical (unpaired) electrons. The van der Waals surface area contributed by atoms with Gasteiger partial charge in [0.15, 0.2) is 0 Å². The van der Waals surface area contributed by atoms with Crippen LogP contribution in [0.2, 0.25) is 0 Å². The molecule has 0 bridgehead atoms. The van der Waals surface area contributed by atoms with Gasteiger partial charge in [-0.25, -0.2) is 8.42 Å². The molecule has 3 aromatic carbocycles. The van der Waals surface area contributed by atoms with Gasteiger partial charge in [0.05, 0.1) is 4.90 Å². The lowest BCUT2D eigenvalue weighted by Gasteiger charge is -2.07. The summed E-state index contributed by atoms with van der Waals surface area (Å²) in [6.45, 7) is 0. The molecule has 0 amide bonds. The van der Waals surface area contributed by atoms with E-state index in [1.165, 1.54) is 0 Å². The molecule has 3 aromatic rings. The summed E-state index contributed by atoms with van der Waals surface area (Å²) >= 11 is 0. The van der Waals surface area contributed by atoms with E-state index in [0.717, 1.165) is 16.2 Å². The number of hydrogen-bond donors (Lipinski definition) is 0. The standard InChI is InChI=1S/C14H9ClO2S/c15-18(16,17)14-9-10-5-1-2-6-11(10)12-7-3-4-8-13(12)14/h1-9H. The summed E-state index contributed by atoms with van der Waals surface area (Å²) in [5, 5.41) is 3.45. The van der Waals surface area contributed by atoms with Gasteiger partial charge < -0.3 is 0 Å². The Labute approximate surface area is 109 Å². The lowest BCUT2D eigenvalue weighted by atomic mass is 10.0. The highest BCUT2D eigenvalue weighted by atomic mass is 35.7. The lowest BCUT2D eigenvalue weighted by molar-refractivity contribution is 0.610. The average molecular weight is 277 g/mol. The van der Waals surface area contributed by atoms with Crippen molar-refractivity contribution >= 4 is 41.3 Å². The van der Waals surface area contributed by atoms with Crippen molar-refractivity contribution in [1.82, 2.24) is 0 Å². The second kappa shape index (κ2) is 3.97. The highest BCUT2D eigenvalue weighted by molar-refractivity contribution is 8.14. The fraction of sp³-hybridized carbons (Fsp3) is 0. The molecule has 0 N–H and O–H groups in total. The van der Waals surface area contributed by atoms with Crippen LogP contribution in [0.1, 0.15) is 0 Å². The van der Waals surface area contributed by atoms with Crippen LogP contribution in [-0.2, 0) is 9.05 Å². The molecule has 2 nitrogen and oxygen atoms in total. The monoisotopic (exact) mass is 276 g/mol. The second-order valence-electron chi connectivity index (χ2n) is 4.08. The molecule has 0 saturated heterocycles. The van der Waals surface area contributed by atoms with Crippen molar-refractivity contribution in [2.75, 3.05) is 0 Å². The molecule has 0 heterocycles. The van der Waals surface area contributed by atoms with Crippen LogP contribution in [0.3, 0.4) is 0 Å². The van der Waals surface area contributed by atoms with Gasteiger partial charge in [0.25, 0.3) is 9.05 Å². The largest absolute Gasteiger partial charge is 0.261 e. The van der Waals surface area contributed by atoms with E-state index >= 15 is 0 Å². The van der Waals surface area contributed by atoms with Crippen molar-refractivity contribution in [2.24, 2.45) is 0 Å². The highest BCUT2D eigenvalue weighted by Gasteiger charge is 2.15. The van der Waals surface area contributed by atoms with Crippen LogP contribution >= 0.6 is 10.7 Å². The maximum absolute atomic E-state index is 11.7. The summed E-state index contributed by atoms with van der Waals surface area (Å²) in [7, 11) is 1.76. The minimum absolute atomic E-state index is 0.165. The van der Waals surface area contributed by atoms with Crippen LogP contribution in [0.5, 0.6) is 0 Å². The van der Waals surface area contributed by atoms with Crippen LogP contribution in [0.15, 0.2) is 59.5 Å². The SMILES string of the molecule is O=S(=O)(Cl)c1cc2ccccc2c2ccccc12. The van der Waals surface area contributed by atoms with E-state index in [4.69, 9.17) is 10.7 Å². The first-order valence-corrected chi connectivity index (χ1v) is 7.73. The molecule has 18 heavy (non-hydrogen) atoms. The van der Waals surface area contributed by atoms with Gasteiger partial charge in [-0.2, -0.15) is 0 Å². The van der Waals surface area contributed by atoms with Crippen molar-refractivity contribution in [3.63, 3.8) is 0 Å². The molecule has 0 unspecified atom stereocenters. The Morgan fingerprint density at radius 2 is 1.33 bits per heavy atom. The molecule has 0 aliphatic rings. The van der Waals surface area contributed by atoms with Crippen LogP contribution in [-0.4, -0.2) is 8.42 Å². The minimum Gasteiger partial charge on any atom is -0.207 e. The molecule has 0 saturated carbocycles. The molecular formula is C14H9ClO2S. The van der Waals surface area contributed by atoms with Gasteiger partial charge in [0, 0.05) is 16.1 Å². The maximum Gasteiger partial charge on any atom is 0.261 e. The maximum atomic E-state index is 11.7. The first kappa shape index (κ1) is 11.5. The third-order valence-corrected chi connectivity index (χ3v) is 4.35. The summed E-state index contributed by atoms with van der Waals surface area (Å²) in [5.74, 6) is 0. The number of rotatable bonds is 1. The quantitative estimate of drug-likeness (QED) is 0.499. The van der Waals surface area contributed by atoms with E-state index in [9.17, 15) is 8.42 Å². The molecule has 3 rings (SSSR count). The van der Waals surface area contributed by atoms with E-state index in [2.05, 4.69) is 0 Å². The minimum atomic E-state index is -3.75. The molecule has 90 valence electrons. The Balaban J connectivity index is 2.63. The van der Waals surface area contributed by atoms with Gasteiger partial charge in [-0.15, -0.1) is 0 Å². The van der Waals surface area contributed by atoms with Crippen LogP contribution < -0.4 is 0 Å². The van der Waals surface area contributed by atoms with Crippen molar-refractivity contribution < 1.29 is 8.42 Å². The Bertz CT molecular complexity index is 854. The number of halogens is 1. The van der Waals surface area contributed by atoms with Gasteiger partial charge in [-0.1, -0.05) is 48.5 Å². The predicted octanol–water partition coefficient (Wildman–Crippen LogP) is 3.92. The molecule has 0 atom stereocenters. The Kier molecular flexibility index (Phi) is 2.54. The topological polar surface area (TPSA) is 34.1 Å². The van der Waals surface area contributed by atoms with Crippen LogP contribution in [0, 0.1) is 0 Å². The normalized spacial score (nSPS) is 12.1. The molecule has 0 spiro atoms. The molecule has 0 aliphatic carbocycles. The van der Waals surface area contributed by atoms with Crippen molar-refractivity contribution in [1.29, 1.82) is 0 Å². The van der Waals surface area contributed by atoms with E-state index in [1.54, 1.807) is 12.1 Å². The van der Waals surface area contributed by atoms with Crippen molar-refractivity contribution in [3.05, 3.63) is 54.6 Å². The van der Waals surface area contributed by atoms with E-state index < -0.39 is 9.05 Å². The fourth-order valence-corrected chi connectivity index (χ4v) is 3.31. The number of benzene rings is 3. The summed E-state index contributed by atoms with van der Waals surface area (Å²) in [6.07, 6.45) is 0.